The van der Waals surface area contributed by atoms with E-state index in [2.05, 4.69) is 5.32 Å². The Bertz CT molecular complexity index is 521. The number of rotatable bonds is 3. The number of amides is 2. The number of nitrogens with zero attached hydrogens (tertiary/aromatic N) is 1. The van der Waals surface area contributed by atoms with Crippen molar-refractivity contribution in [2.75, 3.05) is 6.54 Å². The number of nitrogens with one attached hydrogen (secondary N) is 1. The van der Waals surface area contributed by atoms with Crippen LogP contribution in [0.25, 0.3) is 0 Å². The van der Waals surface area contributed by atoms with Crippen LogP contribution in [-0.2, 0) is 9.59 Å². The van der Waals surface area contributed by atoms with E-state index < -0.39 is 6.04 Å². The van der Waals surface area contributed by atoms with Gasteiger partial charge in [-0.25, -0.2) is 0 Å². The standard InChI is InChI=1S/C15H22N2O3/c1-5-13-15(19)17(7-6-14(18)16-13)10(3)12-8-9(2)20-11(12)4/h8,10,13H,5-7H2,1-4H3,(H,16,18). The quantitative estimate of drug-likeness (QED) is 0.920. The average Bonchev–Trinajstić information content (AvgIpc) is 2.66. The van der Waals surface area contributed by atoms with Gasteiger partial charge in [0, 0.05) is 18.5 Å². The Morgan fingerprint density at radius 2 is 2.15 bits per heavy atom. The molecule has 5 heteroatoms. The monoisotopic (exact) mass is 278 g/mol. The van der Waals surface area contributed by atoms with Crippen molar-refractivity contribution in [3.63, 3.8) is 0 Å². The van der Waals surface area contributed by atoms with Crippen LogP contribution in [-0.4, -0.2) is 29.3 Å². The molecule has 2 atom stereocenters. The third-order valence-electron chi connectivity index (χ3n) is 3.90. The maximum atomic E-state index is 12.5. The fraction of sp³-hybridized carbons (Fsp3) is 0.600. The minimum atomic E-state index is -0.416. The number of carbonyl (C=O) groups excluding carboxylic acids is 2. The molecule has 1 aromatic rings. The Labute approximate surface area is 119 Å². The van der Waals surface area contributed by atoms with Gasteiger partial charge in [-0.05, 0) is 33.3 Å². The van der Waals surface area contributed by atoms with Gasteiger partial charge in [-0.2, -0.15) is 0 Å². The third kappa shape index (κ3) is 2.71. The molecule has 0 aliphatic carbocycles. The van der Waals surface area contributed by atoms with Crippen molar-refractivity contribution in [3.8, 4) is 0 Å². The van der Waals surface area contributed by atoms with Gasteiger partial charge in [0.1, 0.15) is 17.6 Å². The number of aryl methyl sites for hydroxylation is 2. The highest BCUT2D eigenvalue weighted by atomic mass is 16.3. The third-order valence-corrected chi connectivity index (χ3v) is 3.90. The van der Waals surface area contributed by atoms with Gasteiger partial charge in [-0.15, -0.1) is 0 Å². The molecule has 2 heterocycles. The highest BCUT2D eigenvalue weighted by molar-refractivity contribution is 5.90. The van der Waals surface area contributed by atoms with E-state index in [1.165, 1.54) is 0 Å². The molecule has 110 valence electrons. The average molecular weight is 278 g/mol. The molecule has 0 aromatic carbocycles. The Hall–Kier alpha value is -1.78. The zero-order valence-corrected chi connectivity index (χ0v) is 12.5. The maximum Gasteiger partial charge on any atom is 0.245 e. The summed E-state index contributed by atoms with van der Waals surface area (Å²) < 4.78 is 5.55. The van der Waals surface area contributed by atoms with Crippen molar-refractivity contribution in [1.82, 2.24) is 10.2 Å². The van der Waals surface area contributed by atoms with Crippen molar-refractivity contribution in [2.24, 2.45) is 0 Å². The molecular weight excluding hydrogens is 256 g/mol. The fourth-order valence-corrected chi connectivity index (χ4v) is 2.75. The zero-order valence-electron chi connectivity index (χ0n) is 12.5. The van der Waals surface area contributed by atoms with Crippen molar-refractivity contribution in [3.05, 3.63) is 23.2 Å². The van der Waals surface area contributed by atoms with Gasteiger partial charge < -0.3 is 14.6 Å². The Morgan fingerprint density at radius 1 is 1.45 bits per heavy atom. The van der Waals surface area contributed by atoms with Crippen LogP contribution in [0.2, 0.25) is 0 Å². The number of hydrogen-bond acceptors (Lipinski definition) is 3. The molecule has 1 aliphatic rings. The highest BCUT2D eigenvalue weighted by Crippen LogP contribution is 2.28. The largest absolute Gasteiger partial charge is 0.466 e. The van der Waals surface area contributed by atoms with Crippen LogP contribution in [0.1, 0.15) is 49.8 Å². The van der Waals surface area contributed by atoms with Crippen LogP contribution >= 0.6 is 0 Å². The van der Waals surface area contributed by atoms with Crippen molar-refractivity contribution in [1.29, 1.82) is 0 Å². The summed E-state index contributed by atoms with van der Waals surface area (Å²) >= 11 is 0. The molecule has 2 amide bonds. The van der Waals surface area contributed by atoms with Gasteiger partial charge in [0.15, 0.2) is 0 Å². The summed E-state index contributed by atoms with van der Waals surface area (Å²) in [5.41, 5.74) is 1.01. The normalized spacial score (nSPS) is 21.6. The lowest BCUT2D eigenvalue weighted by molar-refractivity contribution is -0.135. The molecule has 5 nitrogen and oxygen atoms in total. The fourth-order valence-electron chi connectivity index (χ4n) is 2.75. The number of carbonyl (C=O) groups is 2. The number of furan rings is 1. The first kappa shape index (κ1) is 14.6. The zero-order chi connectivity index (χ0) is 14.9. The van der Waals surface area contributed by atoms with Crippen LogP contribution in [0.15, 0.2) is 10.5 Å². The van der Waals surface area contributed by atoms with Gasteiger partial charge in [0.2, 0.25) is 11.8 Å². The van der Waals surface area contributed by atoms with E-state index in [9.17, 15) is 9.59 Å². The van der Waals surface area contributed by atoms with Crippen molar-refractivity contribution in [2.45, 2.75) is 52.6 Å². The minimum Gasteiger partial charge on any atom is -0.466 e. The van der Waals surface area contributed by atoms with Gasteiger partial charge in [0.25, 0.3) is 0 Å². The second-order valence-corrected chi connectivity index (χ2v) is 5.35. The maximum absolute atomic E-state index is 12.5. The SMILES string of the molecule is CCC1NC(=O)CCN(C(C)c2cc(C)oc2C)C1=O. The van der Waals surface area contributed by atoms with Crippen LogP contribution in [0.3, 0.4) is 0 Å². The molecular formula is C15H22N2O3. The first-order valence-corrected chi connectivity index (χ1v) is 7.10. The Balaban J connectivity index is 2.27. The Morgan fingerprint density at radius 3 is 2.70 bits per heavy atom. The first-order chi connectivity index (χ1) is 9.43. The van der Waals surface area contributed by atoms with Gasteiger partial charge in [-0.1, -0.05) is 6.92 Å². The molecule has 20 heavy (non-hydrogen) atoms. The summed E-state index contributed by atoms with van der Waals surface area (Å²) in [6, 6.07) is 1.47. The van der Waals surface area contributed by atoms with Gasteiger partial charge >= 0.3 is 0 Å². The van der Waals surface area contributed by atoms with E-state index >= 15 is 0 Å². The second kappa shape index (κ2) is 5.69. The van der Waals surface area contributed by atoms with E-state index in [4.69, 9.17) is 4.42 Å². The van der Waals surface area contributed by atoms with Crippen LogP contribution < -0.4 is 5.32 Å². The molecule has 1 aromatic heterocycles. The minimum absolute atomic E-state index is 0.0101. The summed E-state index contributed by atoms with van der Waals surface area (Å²) in [5.74, 6) is 1.61. The molecule has 0 radical (unpaired) electrons. The Kier molecular flexibility index (Phi) is 4.16. The van der Waals surface area contributed by atoms with Crippen LogP contribution in [0.5, 0.6) is 0 Å². The topological polar surface area (TPSA) is 62.6 Å². The molecule has 1 N–H and O–H groups in total. The first-order valence-electron chi connectivity index (χ1n) is 7.10. The summed E-state index contributed by atoms with van der Waals surface area (Å²) in [5, 5.41) is 2.78. The molecule has 0 spiro atoms. The summed E-state index contributed by atoms with van der Waals surface area (Å²) in [7, 11) is 0. The molecule has 1 saturated heterocycles. The molecule has 0 bridgehead atoms. The van der Waals surface area contributed by atoms with Crippen LogP contribution in [0.4, 0.5) is 0 Å². The molecule has 1 aliphatic heterocycles. The number of hydrogen-bond donors (Lipinski definition) is 1. The lowest BCUT2D eigenvalue weighted by Gasteiger charge is -2.29. The van der Waals surface area contributed by atoms with E-state index in [1.807, 2.05) is 33.8 Å². The summed E-state index contributed by atoms with van der Waals surface area (Å²) in [6.07, 6.45) is 0.958. The van der Waals surface area contributed by atoms with E-state index in [-0.39, 0.29) is 17.9 Å². The van der Waals surface area contributed by atoms with E-state index in [1.54, 1.807) is 4.90 Å². The lowest BCUT2D eigenvalue weighted by Crippen LogP contribution is -2.45. The summed E-state index contributed by atoms with van der Waals surface area (Å²) in [4.78, 5) is 26.0. The van der Waals surface area contributed by atoms with Gasteiger partial charge in [-0.3, -0.25) is 9.59 Å². The van der Waals surface area contributed by atoms with E-state index in [0.29, 0.717) is 19.4 Å². The smallest absolute Gasteiger partial charge is 0.245 e. The molecule has 0 saturated carbocycles. The predicted octanol–water partition coefficient (Wildman–Crippen LogP) is 2.08. The summed E-state index contributed by atoms with van der Waals surface area (Å²) in [6.45, 7) is 8.14. The lowest BCUT2D eigenvalue weighted by atomic mass is 10.1. The predicted molar refractivity (Wildman–Crippen MR) is 75.1 cm³/mol. The van der Waals surface area contributed by atoms with Crippen LogP contribution in [0, 0.1) is 13.8 Å². The second-order valence-electron chi connectivity index (χ2n) is 5.35. The highest BCUT2D eigenvalue weighted by Gasteiger charge is 2.32. The van der Waals surface area contributed by atoms with Crippen molar-refractivity contribution < 1.29 is 14.0 Å². The van der Waals surface area contributed by atoms with E-state index in [0.717, 1.165) is 17.1 Å². The molecule has 2 rings (SSSR count). The van der Waals surface area contributed by atoms with Crippen molar-refractivity contribution >= 4 is 11.8 Å². The molecule has 2 unspecified atom stereocenters. The molecule has 1 fully saturated rings. The van der Waals surface area contributed by atoms with Gasteiger partial charge in [0.05, 0.1) is 6.04 Å².